The highest BCUT2D eigenvalue weighted by Crippen LogP contribution is 2.33. The maximum absolute atomic E-state index is 13.4. The van der Waals surface area contributed by atoms with Gasteiger partial charge in [0.2, 0.25) is 0 Å². The number of methoxy groups -OCH3 is 1. The number of alkyl carbamates (subject to hydrolysis) is 1. The summed E-state index contributed by atoms with van der Waals surface area (Å²) in [6.07, 6.45) is -6.72. The molecule has 1 atom stereocenters. The summed E-state index contributed by atoms with van der Waals surface area (Å²) in [6, 6.07) is 7.85. The average Bonchev–Trinajstić information content (AvgIpc) is 2.50. The van der Waals surface area contributed by atoms with Crippen LogP contribution in [0.3, 0.4) is 0 Å². The fraction of sp³-hybridized carbons (Fsp3) is 0.429. The van der Waals surface area contributed by atoms with Gasteiger partial charge in [0.1, 0.15) is 0 Å². The van der Waals surface area contributed by atoms with Crippen LogP contribution in [0.15, 0.2) is 30.3 Å². The maximum Gasteiger partial charge on any atom is 0.448 e. The minimum absolute atomic E-state index is 0.181. The van der Waals surface area contributed by atoms with E-state index in [1.807, 2.05) is 0 Å². The number of hydrogen-bond acceptors (Lipinski definition) is 5. The molecule has 1 aromatic rings. The fourth-order valence-corrected chi connectivity index (χ4v) is 1.63. The summed E-state index contributed by atoms with van der Waals surface area (Å²) >= 11 is 0. The van der Waals surface area contributed by atoms with Crippen LogP contribution >= 0.6 is 0 Å². The van der Waals surface area contributed by atoms with Gasteiger partial charge in [0.05, 0.1) is 20.3 Å². The van der Waals surface area contributed by atoms with E-state index >= 15 is 0 Å². The fourth-order valence-electron chi connectivity index (χ4n) is 1.63. The zero-order chi connectivity index (χ0) is 17.5. The third kappa shape index (κ3) is 4.59. The number of hydrogen-bond donors (Lipinski definition) is 1. The minimum Gasteiger partial charge on any atom is -0.465 e. The smallest absolute Gasteiger partial charge is 0.448 e. The monoisotopic (exact) mass is 335 g/mol. The van der Waals surface area contributed by atoms with Crippen molar-refractivity contribution in [2.45, 2.75) is 25.4 Å². The molecule has 0 spiro atoms. The van der Waals surface area contributed by atoms with Crippen LogP contribution in [0.1, 0.15) is 12.5 Å². The molecule has 1 aromatic carbocycles. The number of nitrogens with one attached hydrogen (secondary N) is 1. The first-order valence-corrected chi connectivity index (χ1v) is 6.54. The predicted molar refractivity (Wildman–Crippen MR) is 72.2 cm³/mol. The van der Waals surface area contributed by atoms with Crippen LogP contribution in [0.2, 0.25) is 0 Å². The first-order chi connectivity index (χ1) is 10.8. The highest BCUT2D eigenvalue weighted by atomic mass is 19.4. The minimum atomic E-state index is -5.26. The maximum atomic E-state index is 13.4. The predicted octanol–water partition coefficient (Wildman–Crippen LogP) is 2.38. The van der Waals surface area contributed by atoms with Gasteiger partial charge in [0.25, 0.3) is 0 Å². The van der Waals surface area contributed by atoms with Gasteiger partial charge in [-0.15, -0.1) is 0 Å². The Morgan fingerprint density at radius 2 is 1.78 bits per heavy atom. The van der Waals surface area contributed by atoms with E-state index in [1.165, 1.54) is 24.4 Å². The number of ether oxygens (including phenoxy) is 3. The van der Waals surface area contributed by atoms with Crippen LogP contribution in [0.25, 0.3) is 0 Å². The van der Waals surface area contributed by atoms with Crippen molar-refractivity contribution >= 4 is 12.1 Å². The Balaban J connectivity index is 3.10. The standard InChI is InChI=1S/C14H16F3NO5/c1-3-22-12(20)18-13(11(19)21-2,14(15,16)17)23-9-10-7-5-4-6-8-10/h4-8H,3,9H2,1-2H3,(H,18,20)/t13-/m0/s1. The summed E-state index contributed by atoms with van der Waals surface area (Å²) in [4.78, 5) is 23.1. The Morgan fingerprint density at radius 3 is 2.26 bits per heavy atom. The largest absolute Gasteiger partial charge is 0.465 e. The van der Waals surface area contributed by atoms with Crippen LogP contribution in [-0.2, 0) is 25.6 Å². The lowest BCUT2D eigenvalue weighted by molar-refractivity contribution is -0.287. The lowest BCUT2D eigenvalue weighted by Gasteiger charge is -2.32. The third-order valence-corrected chi connectivity index (χ3v) is 2.72. The van der Waals surface area contributed by atoms with E-state index in [0.717, 1.165) is 7.11 Å². The van der Waals surface area contributed by atoms with Gasteiger partial charge in [-0.3, -0.25) is 5.32 Å². The van der Waals surface area contributed by atoms with Crippen LogP contribution in [0.5, 0.6) is 0 Å². The van der Waals surface area contributed by atoms with E-state index in [1.54, 1.807) is 18.2 Å². The molecule has 1 amide bonds. The highest BCUT2D eigenvalue weighted by molar-refractivity contribution is 5.85. The molecular formula is C14H16F3NO5. The van der Waals surface area contributed by atoms with Crippen molar-refractivity contribution < 1.29 is 37.0 Å². The SMILES string of the molecule is CCOC(=O)N[C@](OCc1ccccc1)(C(=O)OC)C(F)(F)F. The Hall–Kier alpha value is -2.29. The Morgan fingerprint density at radius 1 is 1.17 bits per heavy atom. The summed E-state index contributed by atoms with van der Waals surface area (Å²) in [5, 5.41) is 1.41. The second-order valence-corrected chi connectivity index (χ2v) is 4.29. The number of halogens is 3. The lowest BCUT2D eigenvalue weighted by atomic mass is 10.2. The highest BCUT2D eigenvalue weighted by Gasteiger charge is 2.65. The summed E-state index contributed by atoms with van der Waals surface area (Å²) in [5.41, 5.74) is -3.29. The number of carbonyl (C=O) groups is 2. The molecule has 1 rings (SSSR count). The Bertz CT molecular complexity index is 535. The summed E-state index contributed by atoms with van der Waals surface area (Å²) in [6.45, 7) is 0.638. The second-order valence-electron chi connectivity index (χ2n) is 4.29. The average molecular weight is 335 g/mol. The van der Waals surface area contributed by atoms with Gasteiger partial charge in [0, 0.05) is 0 Å². The molecule has 0 heterocycles. The van der Waals surface area contributed by atoms with Crippen molar-refractivity contribution in [1.29, 1.82) is 0 Å². The number of amides is 1. The summed E-state index contributed by atoms with van der Waals surface area (Å²) in [7, 11) is 0.752. The molecule has 9 heteroatoms. The molecular weight excluding hydrogens is 319 g/mol. The van der Waals surface area contributed by atoms with Gasteiger partial charge in [-0.1, -0.05) is 30.3 Å². The van der Waals surface area contributed by atoms with Crippen LogP contribution in [-0.4, -0.2) is 37.7 Å². The van der Waals surface area contributed by atoms with Crippen molar-refractivity contribution in [3.63, 3.8) is 0 Å². The van der Waals surface area contributed by atoms with Gasteiger partial charge >= 0.3 is 24.0 Å². The number of benzene rings is 1. The van der Waals surface area contributed by atoms with Gasteiger partial charge in [-0.05, 0) is 12.5 Å². The molecule has 0 aliphatic carbocycles. The molecule has 0 radical (unpaired) electrons. The molecule has 23 heavy (non-hydrogen) atoms. The van der Waals surface area contributed by atoms with E-state index in [0.29, 0.717) is 5.56 Å². The lowest BCUT2D eigenvalue weighted by Crippen LogP contribution is -2.66. The molecule has 1 N–H and O–H groups in total. The first kappa shape index (κ1) is 18.8. The quantitative estimate of drug-likeness (QED) is 0.638. The molecule has 0 aliphatic rings. The first-order valence-electron chi connectivity index (χ1n) is 6.54. The van der Waals surface area contributed by atoms with Crippen molar-refractivity contribution in [2.24, 2.45) is 0 Å². The van der Waals surface area contributed by atoms with Crippen LogP contribution in [0.4, 0.5) is 18.0 Å². The zero-order valence-corrected chi connectivity index (χ0v) is 12.5. The normalized spacial score (nSPS) is 13.8. The van der Waals surface area contributed by atoms with Crippen molar-refractivity contribution in [2.75, 3.05) is 13.7 Å². The van der Waals surface area contributed by atoms with E-state index in [2.05, 4.69) is 9.47 Å². The molecule has 0 aliphatic heterocycles. The molecule has 0 saturated heterocycles. The van der Waals surface area contributed by atoms with Gasteiger partial charge in [-0.2, -0.15) is 13.2 Å². The van der Waals surface area contributed by atoms with Crippen molar-refractivity contribution in [1.82, 2.24) is 5.32 Å². The number of rotatable bonds is 6. The topological polar surface area (TPSA) is 73.9 Å². The number of esters is 1. The molecule has 0 unspecified atom stereocenters. The molecule has 6 nitrogen and oxygen atoms in total. The zero-order valence-electron chi connectivity index (χ0n) is 12.5. The number of carbonyl (C=O) groups excluding carboxylic acids is 2. The summed E-state index contributed by atoms with van der Waals surface area (Å²) in [5.74, 6) is -1.81. The molecule has 0 aromatic heterocycles. The van der Waals surface area contributed by atoms with Crippen molar-refractivity contribution in [3.05, 3.63) is 35.9 Å². The van der Waals surface area contributed by atoms with E-state index in [4.69, 9.17) is 4.74 Å². The van der Waals surface area contributed by atoms with Crippen LogP contribution in [0, 0.1) is 0 Å². The molecule has 0 saturated carbocycles. The number of alkyl halides is 3. The summed E-state index contributed by atoms with van der Waals surface area (Å²) < 4.78 is 53.6. The second kappa shape index (κ2) is 7.82. The van der Waals surface area contributed by atoms with Crippen molar-refractivity contribution in [3.8, 4) is 0 Å². The Labute approximate surface area is 130 Å². The van der Waals surface area contributed by atoms with Gasteiger partial charge in [-0.25, -0.2) is 9.59 Å². The molecule has 0 bridgehead atoms. The van der Waals surface area contributed by atoms with Gasteiger partial charge in [0.15, 0.2) is 0 Å². The van der Waals surface area contributed by atoms with Gasteiger partial charge < -0.3 is 14.2 Å². The Kier molecular flexibility index (Phi) is 6.38. The van der Waals surface area contributed by atoms with E-state index in [-0.39, 0.29) is 6.61 Å². The van der Waals surface area contributed by atoms with E-state index in [9.17, 15) is 22.8 Å². The third-order valence-electron chi connectivity index (χ3n) is 2.72. The van der Waals surface area contributed by atoms with E-state index < -0.39 is 30.6 Å². The molecule has 128 valence electrons. The molecule has 0 fully saturated rings. The van der Waals surface area contributed by atoms with Crippen LogP contribution < -0.4 is 5.32 Å².